The van der Waals surface area contributed by atoms with Gasteiger partial charge in [-0.15, -0.1) is 0 Å². The van der Waals surface area contributed by atoms with Crippen LogP contribution in [-0.2, 0) is 9.53 Å². The maximum absolute atomic E-state index is 12.8. The van der Waals surface area contributed by atoms with E-state index in [-0.39, 0.29) is 17.7 Å². The van der Waals surface area contributed by atoms with Gasteiger partial charge in [0.2, 0.25) is 0 Å². The standard InChI is InChI=1S/C26H33N5O3/c1-5-34-25(32)24(21-9-7-6-8-10-21)29-15-13-28(14-16-29)22-11-12-23(20(4)17-22)30-18-27-31(19(2)3)26(30)33/h6-12,17-19,24H,5,13-16H2,1-4H3. The number of rotatable bonds is 7. The van der Waals surface area contributed by atoms with Crippen molar-refractivity contribution in [3.63, 3.8) is 0 Å². The Balaban J connectivity index is 1.49. The Labute approximate surface area is 200 Å². The topological polar surface area (TPSA) is 72.6 Å². The third-order valence-corrected chi connectivity index (χ3v) is 6.29. The fourth-order valence-electron chi connectivity index (χ4n) is 4.53. The van der Waals surface area contributed by atoms with Crippen LogP contribution in [0.1, 0.15) is 44.0 Å². The SMILES string of the molecule is CCOC(=O)C(c1ccccc1)N1CCN(c2ccc(-n3cnn(C(C)C)c3=O)c(C)c2)CC1. The maximum atomic E-state index is 12.8. The van der Waals surface area contributed by atoms with Gasteiger partial charge in [0.25, 0.3) is 0 Å². The second-order valence-electron chi connectivity index (χ2n) is 8.88. The van der Waals surface area contributed by atoms with Crippen molar-refractivity contribution in [3.05, 3.63) is 76.5 Å². The van der Waals surface area contributed by atoms with E-state index in [9.17, 15) is 9.59 Å². The summed E-state index contributed by atoms with van der Waals surface area (Å²) in [4.78, 5) is 30.0. The molecule has 180 valence electrons. The van der Waals surface area contributed by atoms with Gasteiger partial charge in [0.05, 0.1) is 18.3 Å². The van der Waals surface area contributed by atoms with Crippen LogP contribution < -0.4 is 10.6 Å². The second kappa shape index (κ2) is 10.3. The molecule has 0 amide bonds. The van der Waals surface area contributed by atoms with Gasteiger partial charge in [0.15, 0.2) is 0 Å². The summed E-state index contributed by atoms with van der Waals surface area (Å²) in [5, 5.41) is 4.24. The molecule has 1 fully saturated rings. The summed E-state index contributed by atoms with van der Waals surface area (Å²) in [6.45, 7) is 11.2. The summed E-state index contributed by atoms with van der Waals surface area (Å²) in [6, 6.07) is 15.6. The van der Waals surface area contributed by atoms with Gasteiger partial charge in [-0.1, -0.05) is 30.3 Å². The average Bonchev–Trinajstić information content (AvgIpc) is 3.22. The monoisotopic (exact) mass is 463 g/mol. The Hall–Kier alpha value is -3.39. The molecule has 2 aromatic carbocycles. The van der Waals surface area contributed by atoms with Crippen LogP contribution in [0.3, 0.4) is 0 Å². The number of piperazine rings is 1. The predicted molar refractivity (Wildman–Crippen MR) is 133 cm³/mol. The van der Waals surface area contributed by atoms with E-state index >= 15 is 0 Å². The van der Waals surface area contributed by atoms with Crippen LogP contribution in [0.4, 0.5) is 5.69 Å². The Morgan fingerprint density at radius 2 is 1.76 bits per heavy atom. The number of nitrogens with zero attached hydrogens (tertiary/aromatic N) is 5. The fraction of sp³-hybridized carbons (Fsp3) is 0.423. The van der Waals surface area contributed by atoms with Gasteiger partial charge in [0, 0.05) is 31.9 Å². The van der Waals surface area contributed by atoms with E-state index in [1.165, 1.54) is 4.68 Å². The molecule has 0 spiro atoms. The van der Waals surface area contributed by atoms with E-state index in [0.29, 0.717) is 6.61 Å². The van der Waals surface area contributed by atoms with Gasteiger partial charge in [0.1, 0.15) is 12.4 Å². The van der Waals surface area contributed by atoms with Crippen LogP contribution in [0.2, 0.25) is 0 Å². The van der Waals surface area contributed by atoms with E-state index in [1.807, 2.05) is 64.1 Å². The number of hydrogen-bond acceptors (Lipinski definition) is 6. The molecule has 0 saturated carbocycles. The third kappa shape index (κ3) is 4.77. The van der Waals surface area contributed by atoms with Gasteiger partial charge in [-0.25, -0.2) is 18.8 Å². The van der Waals surface area contributed by atoms with E-state index in [1.54, 1.807) is 10.9 Å². The molecule has 2 heterocycles. The van der Waals surface area contributed by atoms with Crippen molar-refractivity contribution in [1.29, 1.82) is 0 Å². The molecule has 1 atom stereocenters. The summed E-state index contributed by atoms with van der Waals surface area (Å²) in [7, 11) is 0. The summed E-state index contributed by atoms with van der Waals surface area (Å²) in [5.41, 5.74) is 3.79. The smallest absolute Gasteiger partial charge is 0.350 e. The van der Waals surface area contributed by atoms with Crippen molar-refractivity contribution < 1.29 is 9.53 Å². The highest BCUT2D eigenvalue weighted by molar-refractivity contribution is 5.77. The minimum Gasteiger partial charge on any atom is -0.465 e. The average molecular weight is 464 g/mol. The first-order valence-electron chi connectivity index (χ1n) is 11.9. The number of hydrogen-bond donors (Lipinski definition) is 0. The summed E-state index contributed by atoms with van der Waals surface area (Å²) < 4.78 is 8.47. The number of ether oxygens (including phenoxy) is 1. The molecule has 4 rings (SSSR count). The highest BCUT2D eigenvalue weighted by atomic mass is 16.5. The van der Waals surface area contributed by atoms with Crippen LogP contribution >= 0.6 is 0 Å². The number of benzene rings is 2. The van der Waals surface area contributed by atoms with Crippen molar-refractivity contribution in [2.24, 2.45) is 0 Å². The molecule has 1 saturated heterocycles. The first-order valence-corrected chi connectivity index (χ1v) is 11.9. The van der Waals surface area contributed by atoms with E-state index in [2.05, 4.69) is 27.0 Å². The summed E-state index contributed by atoms with van der Waals surface area (Å²) in [5.74, 6) is -0.199. The Bertz CT molecular complexity index is 1180. The molecule has 0 radical (unpaired) electrons. The lowest BCUT2D eigenvalue weighted by Gasteiger charge is -2.39. The quantitative estimate of drug-likeness (QED) is 0.501. The Morgan fingerprint density at radius 1 is 1.06 bits per heavy atom. The highest BCUT2D eigenvalue weighted by Crippen LogP contribution is 2.27. The third-order valence-electron chi connectivity index (χ3n) is 6.29. The van der Waals surface area contributed by atoms with Gasteiger partial charge in [-0.2, -0.15) is 5.10 Å². The molecule has 0 aliphatic carbocycles. The first-order chi connectivity index (χ1) is 16.4. The number of anilines is 1. The lowest BCUT2D eigenvalue weighted by atomic mass is 10.0. The van der Waals surface area contributed by atoms with Crippen molar-refractivity contribution >= 4 is 11.7 Å². The Kier molecular flexibility index (Phi) is 7.17. The van der Waals surface area contributed by atoms with E-state index < -0.39 is 6.04 Å². The fourth-order valence-corrected chi connectivity index (χ4v) is 4.53. The van der Waals surface area contributed by atoms with Gasteiger partial charge in [-0.3, -0.25) is 4.90 Å². The lowest BCUT2D eigenvalue weighted by Crippen LogP contribution is -2.49. The molecule has 1 aliphatic heterocycles. The molecular formula is C26H33N5O3. The normalized spacial score (nSPS) is 15.5. The van der Waals surface area contributed by atoms with Gasteiger partial charge >= 0.3 is 11.7 Å². The highest BCUT2D eigenvalue weighted by Gasteiger charge is 2.31. The van der Waals surface area contributed by atoms with Crippen LogP contribution in [0.15, 0.2) is 59.7 Å². The maximum Gasteiger partial charge on any atom is 0.350 e. The molecule has 8 heteroatoms. The molecule has 3 aromatic rings. The summed E-state index contributed by atoms with van der Waals surface area (Å²) in [6.07, 6.45) is 1.59. The number of carbonyl (C=O) groups excluding carboxylic acids is 1. The van der Waals surface area contributed by atoms with Crippen LogP contribution in [0.5, 0.6) is 0 Å². The Morgan fingerprint density at radius 3 is 2.35 bits per heavy atom. The molecule has 0 bridgehead atoms. The van der Waals surface area contributed by atoms with Crippen molar-refractivity contribution in [2.75, 3.05) is 37.7 Å². The largest absolute Gasteiger partial charge is 0.465 e. The first kappa shape index (κ1) is 23.8. The number of carbonyl (C=O) groups is 1. The molecule has 1 aliphatic rings. The lowest BCUT2D eigenvalue weighted by molar-refractivity contribution is -0.150. The number of esters is 1. The molecule has 1 aromatic heterocycles. The van der Waals surface area contributed by atoms with E-state index in [4.69, 9.17) is 4.74 Å². The van der Waals surface area contributed by atoms with Crippen LogP contribution in [0.25, 0.3) is 5.69 Å². The molecular weight excluding hydrogens is 430 g/mol. The molecule has 0 N–H and O–H groups in total. The van der Waals surface area contributed by atoms with E-state index in [0.717, 1.165) is 48.7 Å². The number of aryl methyl sites for hydroxylation is 1. The van der Waals surface area contributed by atoms with Crippen LogP contribution in [-0.4, -0.2) is 58.0 Å². The van der Waals surface area contributed by atoms with Crippen molar-refractivity contribution in [2.45, 2.75) is 39.8 Å². The minimum atomic E-state index is -0.392. The zero-order valence-corrected chi connectivity index (χ0v) is 20.3. The second-order valence-corrected chi connectivity index (χ2v) is 8.88. The minimum absolute atomic E-state index is 0.0129. The number of aromatic nitrogens is 3. The molecule has 34 heavy (non-hydrogen) atoms. The zero-order chi connectivity index (χ0) is 24.2. The molecule has 8 nitrogen and oxygen atoms in total. The predicted octanol–water partition coefficient (Wildman–Crippen LogP) is 3.35. The van der Waals surface area contributed by atoms with Crippen molar-refractivity contribution in [1.82, 2.24) is 19.2 Å². The zero-order valence-electron chi connectivity index (χ0n) is 20.3. The van der Waals surface area contributed by atoms with Crippen molar-refractivity contribution in [3.8, 4) is 5.69 Å². The van der Waals surface area contributed by atoms with Crippen LogP contribution in [0, 0.1) is 6.92 Å². The van der Waals surface area contributed by atoms with Gasteiger partial charge in [-0.05, 0) is 57.0 Å². The van der Waals surface area contributed by atoms with Gasteiger partial charge < -0.3 is 9.64 Å². The summed E-state index contributed by atoms with van der Waals surface area (Å²) >= 11 is 0. The molecule has 1 unspecified atom stereocenters.